The lowest BCUT2D eigenvalue weighted by Gasteiger charge is -2.27. The van der Waals surface area contributed by atoms with Crippen LogP contribution in [0.5, 0.6) is 0 Å². The topological polar surface area (TPSA) is 69.7 Å². The van der Waals surface area contributed by atoms with Crippen LogP contribution < -0.4 is 5.32 Å². The summed E-state index contributed by atoms with van der Waals surface area (Å²) >= 11 is 0. The molecule has 0 aromatic heterocycles. The lowest BCUT2D eigenvalue weighted by molar-refractivity contribution is 0.182. The first-order valence-electron chi connectivity index (χ1n) is 9.86. The van der Waals surface area contributed by atoms with Gasteiger partial charge in [0.1, 0.15) is 0 Å². The molecule has 0 spiro atoms. The van der Waals surface area contributed by atoms with E-state index in [-0.39, 0.29) is 17.8 Å². The Morgan fingerprint density at radius 3 is 2.22 bits per heavy atom. The van der Waals surface area contributed by atoms with E-state index >= 15 is 0 Å². The maximum Gasteiger partial charge on any atom is 0.317 e. The van der Waals surface area contributed by atoms with Crippen LogP contribution in [0.1, 0.15) is 40.5 Å². The van der Waals surface area contributed by atoms with Crippen LogP contribution in [0.4, 0.5) is 4.79 Å². The number of nitrogens with one attached hydrogen (secondary N) is 1. The van der Waals surface area contributed by atoms with Gasteiger partial charge >= 0.3 is 6.03 Å². The number of sulfone groups is 1. The third-order valence-corrected chi connectivity index (χ3v) is 6.44. The molecular weight excluding hydrogens is 362 g/mol. The third kappa shape index (κ3) is 8.30. The van der Waals surface area contributed by atoms with E-state index in [1.165, 1.54) is 0 Å². The number of hydrogen-bond donors (Lipinski definition) is 1. The van der Waals surface area contributed by atoms with Crippen molar-refractivity contribution in [2.45, 2.75) is 51.5 Å². The fraction of sp³-hybridized carbons (Fsp3) is 0.650. The molecule has 0 bridgehead atoms. The Labute approximate surface area is 164 Å². The molecular formula is C20H35N3O3S. The average molecular weight is 398 g/mol. The van der Waals surface area contributed by atoms with Gasteiger partial charge in [0.2, 0.25) is 0 Å². The number of carbonyl (C=O) groups excluding carboxylic acids is 1. The molecule has 1 aromatic carbocycles. The molecule has 0 heterocycles. The molecule has 0 fully saturated rings. The number of urea groups is 1. The molecule has 2 amide bonds. The summed E-state index contributed by atoms with van der Waals surface area (Å²) in [4.78, 5) is 16.8. The number of hydrogen-bond acceptors (Lipinski definition) is 4. The first kappa shape index (κ1) is 23.4. The van der Waals surface area contributed by atoms with Gasteiger partial charge in [-0.05, 0) is 58.5 Å². The number of carbonyl (C=O) groups is 1. The third-order valence-electron chi connectivity index (χ3n) is 4.62. The first-order valence-corrected chi connectivity index (χ1v) is 11.5. The van der Waals surface area contributed by atoms with E-state index in [0.29, 0.717) is 24.4 Å². The molecule has 0 saturated carbocycles. The minimum absolute atomic E-state index is 0.0206. The van der Waals surface area contributed by atoms with Crippen molar-refractivity contribution in [3.8, 4) is 0 Å². The Morgan fingerprint density at radius 1 is 1.04 bits per heavy atom. The predicted octanol–water partition coefficient (Wildman–Crippen LogP) is 3.00. The van der Waals surface area contributed by atoms with Crippen LogP contribution in [0.2, 0.25) is 0 Å². The normalized spacial score (nSPS) is 11.8. The molecule has 154 valence electrons. The monoisotopic (exact) mass is 397 g/mol. The number of amides is 2. The van der Waals surface area contributed by atoms with Crippen molar-refractivity contribution in [1.82, 2.24) is 15.1 Å². The molecule has 7 heteroatoms. The van der Waals surface area contributed by atoms with Crippen LogP contribution in [0, 0.1) is 0 Å². The molecule has 0 atom stereocenters. The van der Waals surface area contributed by atoms with Crippen LogP contribution in [0.3, 0.4) is 0 Å². The Hall–Kier alpha value is -1.60. The molecule has 0 unspecified atom stereocenters. The van der Waals surface area contributed by atoms with Gasteiger partial charge in [0.15, 0.2) is 9.84 Å². The Balaban J connectivity index is 2.46. The van der Waals surface area contributed by atoms with E-state index in [4.69, 9.17) is 0 Å². The molecule has 0 aliphatic rings. The van der Waals surface area contributed by atoms with E-state index < -0.39 is 9.84 Å². The highest BCUT2D eigenvalue weighted by molar-refractivity contribution is 7.91. The summed E-state index contributed by atoms with van der Waals surface area (Å²) in [5.74, 6) is 0.0372. The van der Waals surface area contributed by atoms with E-state index in [0.717, 1.165) is 26.1 Å². The lowest BCUT2D eigenvalue weighted by atomic mass is 10.3. The van der Waals surface area contributed by atoms with Crippen molar-refractivity contribution in [2.24, 2.45) is 0 Å². The molecule has 0 aliphatic heterocycles. The quantitative estimate of drug-likeness (QED) is 0.551. The van der Waals surface area contributed by atoms with E-state index in [1.54, 1.807) is 35.2 Å². The van der Waals surface area contributed by atoms with Crippen molar-refractivity contribution in [3.05, 3.63) is 30.3 Å². The maximum atomic E-state index is 12.4. The zero-order valence-corrected chi connectivity index (χ0v) is 18.0. The van der Waals surface area contributed by atoms with Crippen LogP contribution >= 0.6 is 0 Å². The molecule has 1 N–H and O–H groups in total. The Kier molecular flexibility index (Phi) is 10.4. The zero-order valence-electron chi connectivity index (χ0n) is 17.1. The van der Waals surface area contributed by atoms with Gasteiger partial charge in [-0.2, -0.15) is 0 Å². The standard InChI is InChI=1S/C20H35N3O3S/c1-5-22(6-2)15-10-14-21-20(24)23(18(3)4)16-11-17-27(25,26)19-12-8-7-9-13-19/h7-9,12-13,18H,5-6,10-11,14-17H2,1-4H3,(H,21,24). The second kappa shape index (κ2) is 12.0. The Bertz CT molecular complexity index is 644. The number of benzene rings is 1. The van der Waals surface area contributed by atoms with Gasteiger partial charge in [0, 0.05) is 19.1 Å². The summed E-state index contributed by atoms with van der Waals surface area (Å²) in [6, 6.07) is 8.35. The second-order valence-electron chi connectivity index (χ2n) is 6.88. The van der Waals surface area contributed by atoms with Gasteiger partial charge in [-0.15, -0.1) is 0 Å². The minimum atomic E-state index is -3.31. The lowest BCUT2D eigenvalue weighted by Crippen LogP contribution is -2.45. The van der Waals surface area contributed by atoms with Crippen LogP contribution in [-0.2, 0) is 9.84 Å². The fourth-order valence-electron chi connectivity index (χ4n) is 2.90. The van der Waals surface area contributed by atoms with Crippen LogP contribution in [0.25, 0.3) is 0 Å². The molecule has 0 saturated heterocycles. The molecule has 0 radical (unpaired) electrons. The van der Waals surface area contributed by atoms with Crippen LogP contribution in [0.15, 0.2) is 35.2 Å². The summed E-state index contributed by atoms with van der Waals surface area (Å²) in [7, 11) is -3.31. The highest BCUT2D eigenvalue weighted by Crippen LogP contribution is 2.12. The summed E-state index contributed by atoms with van der Waals surface area (Å²) in [5, 5.41) is 2.96. The highest BCUT2D eigenvalue weighted by Gasteiger charge is 2.19. The van der Waals surface area contributed by atoms with Crippen LogP contribution in [-0.4, -0.2) is 68.8 Å². The maximum absolute atomic E-state index is 12.4. The van der Waals surface area contributed by atoms with Crippen molar-refractivity contribution < 1.29 is 13.2 Å². The Morgan fingerprint density at radius 2 is 1.67 bits per heavy atom. The van der Waals surface area contributed by atoms with E-state index in [2.05, 4.69) is 24.1 Å². The largest absolute Gasteiger partial charge is 0.338 e. The summed E-state index contributed by atoms with van der Waals surface area (Å²) in [6.45, 7) is 12.2. The number of nitrogens with zero attached hydrogens (tertiary/aromatic N) is 2. The van der Waals surface area contributed by atoms with E-state index in [9.17, 15) is 13.2 Å². The summed E-state index contributed by atoms with van der Waals surface area (Å²) < 4.78 is 24.7. The van der Waals surface area contributed by atoms with Gasteiger partial charge in [-0.3, -0.25) is 0 Å². The van der Waals surface area contributed by atoms with Gasteiger partial charge in [0.05, 0.1) is 10.6 Å². The summed E-state index contributed by atoms with van der Waals surface area (Å²) in [5.41, 5.74) is 0. The number of rotatable bonds is 12. The molecule has 1 aromatic rings. The summed E-state index contributed by atoms with van der Waals surface area (Å²) in [6.07, 6.45) is 1.32. The SMILES string of the molecule is CCN(CC)CCCNC(=O)N(CCCS(=O)(=O)c1ccccc1)C(C)C. The van der Waals surface area contributed by atoms with Crippen molar-refractivity contribution in [2.75, 3.05) is 38.5 Å². The van der Waals surface area contributed by atoms with E-state index in [1.807, 2.05) is 13.8 Å². The minimum Gasteiger partial charge on any atom is -0.338 e. The molecule has 27 heavy (non-hydrogen) atoms. The highest BCUT2D eigenvalue weighted by atomic mass is 32.2. The van der Waals surface area contributed by atoms with Crippen molar-refractivity contribution in [1.29, 1.82) is 0 Å². The smallest absolute Gasteiger partial charge is 0.317 e. The van der Waals surface area contributed by atoms with Gasteiger partial charge in [-0.25, -0.2) is 13.2 Å². The average Bonchev–Trinajstić information content (AvgIpc) is 2.65. The van der Waals surface area contributed by atoms with Gasteiger partial charge in [-0.1, -0.05) is 32.0 Å². The molecule has 6 nitrogen and oxygen atoms in total. The molecule has 1 rings (SSSR count). The van der Waals surface area contributed by atoms with Gasteiger partial charge in [0.25, 0.3) is 0 Å². The first-order chi connectivity index (χ1) is 12.8. The van der Waals surface area contributed by atoms with Crippen molar-refractivity contribution in [3.63, 3.8) is 0 Å². The van der Waals surface area contributed by atoms with Crippen molar-refractivity contribution >= 4 is 15.9 Å². The predicted molar refractivity (Wildman–Crippen MR) is 111 cm³/mol. The fourth-order valence-corrected chi connectivity index (χ4v) is 4.22. The van der Waals surface area contributed by atoms with Gasteiger partial charge < -0.3 is 15.1 Å². The molecule has 0 aliphatic carbocycles. The second-order valence-corrected chi connectivity index (χ2v) is 8.99. The zero-order chi connectivity index (χ0) is 20.3.